The molecule has 42 heavy (non-hydrogen) atoms. The number of aryl methyl sites for hydroxylation is 2. The van der Waals surface area contributed by atoms with Crippen molar-refractivity contribution in [3.8, 4) is 45.7 Å². The van der Waals surface area contributed by atoms with Gasteiger partial charge in [-0.2, -0.15) is 10.2 Å². The van der Waals surface area contributed by atoms with Gasteiger partial charge in [-0.25, -0.2) is 15.0 Å². The smallest absolute Gasteiger partial charge is 0.199 e. The predicted molar refractivity (Wildman–Crippen MR) is 168 cm³/mol. The number of aromatic nitrogens is 7. The Labute approximate surface area is 250 Å². The maximum atomic E-state index is 6.43. The molecular formula is C33H47N7O2. The summed E-state index contributed by atoms with van der Waals surface area (Å²) in [4.78, 5) is 13.9. The molecule has 3 aromatic heterocycles. The standard InChI is InChI=1S/C33H47N7O2/c1-5-7-9-11-13-15-20-41-29-18-17-19-30(42-21-16-14-12-10-8-6-2)31(29)26-22-27(32-34-24(3)37-39-32)36-28(23-26)33-35-25(4)38-40-33/h17-19,22-23H,5-16,20-21H2,1-4H3,(H,34,37,39)(H,35,38,40). The molecule has 0 unspecified atom stereocenters. The number of hydrogen-bond acceptors (Lipinski definition) is 7. The molecule has 0 aliphatic carbocycles. The highest BCUT2D eigenvalue weighted by molar-refractivity contribution is 5.81. The van der Waals surface area contributed by atoms with Crippen LogP contribution in [0.2, 0.25) is 0 Å². The van der Waals surface area contributed by atoms with Crippen LogP contribution < -0.4 is 9.47 Å². The van der Waals surface area contributed by atoms with E-state index < -0.39 is 0 Å². The summed E-state index contributed by atoms with van der Waals surface area (Å²) in [7, 11) is 0. The van der Waals surface area contributed by atoms with E-state index >= 15 is 0 Å². The van der Waals surface area contributed by atoms with Crippen LogP contribution in [0.5, 0.6) is 11.5 Å². The molecule has 0 spiro atoms. The summed E-state index contributed by atoms with van der Waals surface area (Å²) in [5, 5.41) is 14.6. The first-order valence-corrected chi connectivity index (χ1v) is 15.8. The van der Waals surface area contributed by atoms with Gasteiger partial charge in [-0.05, 0) is 56.5 Å². The van der Waals surface area contributed by atoms with Gasteiger partial charge in [-0.3, -0.25) is 10.2 Å². The molecule has 0 atom stereocenters. The number of H-pyrrole nitrogens is 2. The van der Waals surface area contributed by atoms with Gasteiger partial charge in [0.05, 0.1) is 18.8 Å². The molecule has 4 rings (SSSR count). The number of nitrogens with zero attached hydrogens (tertiary/aromatic N) is 5. The molecule has 9 nitrogen and oxygen atoms in total. The number of ether oxygens (including phenoxy) is 2. The van der Waals surface area contributed by atoms with Crippen LogP contribution in [0, 0.1) is 13.8 Å². The molecule has 0 saturated heterocycles. The van der Waals surface area contributed by atoms with Gasteiger partial charge in [0.15, 0.2) is 11.6 Å². The van der Waals surface area contributed by atoms with Gasteiger partial charge >= 0.3 is 0 Å². The van der Waals surface area contributed by atoms with E-state index in [-0.39, 0.29) is 0 Å². The van der Waals surface area contributed by atoms with Crippen molar-refractivity contribution in [2.45, 2.75) is 105 Å². The Morgan fingerprint density at radius 2 is 1.05 bits per heavy atom. The van der Waals surface area contributed by atoms with Crippen LogP contribution in [-0.4, -0.2) is 48.6 Å². The van der Waals surface area contributed by atoms with Crippen molar-refractivity contribution in [2.24, 2.45) is 0 Å². The highest BCUT2D eigenvalue weighted by Gasteiger charge is 2.19. The van der Waals surface area contributed by atoms with E-state index in [9.17, 15) is 0 Å². The fourth-order valence-corrected chi connectivity index (χ4v) is 4.98. The normalized spacial score (nSPS) is 11.2. The van der Waals surface area contributed by atoms with Crippen LogP contribution in [0.25, 0.3) is 34.2 Å². The monoisotopic (exact) mass is 573 g/mol. The average Bonchev–Trinajstić information content (AvgIpc) is 3.64. The number of pyridine rings is 1. The van der Waals surface area contributed by atoms with E-state index in [1.54, 1.807) is 0 Å². The summed E-state index contributed by atoms with van der Waals surface area (Å²) in [6.07, 6.45) is 14.5. The molecule has 0 bridgehead atoms. The van der Waals surface area contributed by atoms with Gasteiger partial charge in [0.25, 0.3) is 0 Å². The van der Waals surface area contributed by atoms with E-state index in [1.807, 2.05) is 44.2 Å². The van der Waals surface area contributed by atoms with Crippen molar-refractivity contribution in [1.29, 1.82) is 0 Å². The molecule has 4 aromatic rings. The van der Waals surface area contributed by atoms with Crippen molar-refractivity contribution in [1.82, 2.24) is 35.3 Å². The second-order valence-corrected chi connectivity index (χ2v) is 11.0. The SMILES string of the molecule is CCCCCCCCOc1cccc(OCCCCCCCC)c1-c1cc(-c2n[nH]c(C)n2)nc(-c2n[nH]c(C)n2)c1. The van der Waals surface area contributed by atoms with Crippen LogP contribution in [-0.2, 0) is 0 Å². The minimum absolute atomic E-state index is 0.517. The minimum Gasteiger partial charge on any atom is -0.493 e. The quantitative estimate of drug-likeness (QED) is 0.108. The molecule has 9 heteroatoms. The van der Waals surface area contributed by atoms with Gasteiger partial charge in [0.1, 0.15) is 34.5 Å². The predicted octanol–water partition coefficient (Wildman–Crippen LogP) is 8.41. The zero-order valence-corrected chi connectivity index (χ0v) is 25.8. The lowest BCUT2D eigenvalue weighted by atomic mass is 10.0. The Morgan fingerprint density at radius 3 is 1.48 bits per heavy atom. The molecule has 0 aliphatic heterocycles. The fraction of sp³-hybridized carbons (Fsp3) is 0.545. The van der Waals surface area contributed by atoms with E-state index in [0.29, 0.717) is 36.3 Å². The second-order valence-electron chi connectivity index (χ2n) is 11.0. The first-order chi connectivity index (χ1) is 20.6. The Bertz CT molecular complexity index is 1270. The Kier molecular flexibility index (Phi) is 12.4. The van der Waals surface area contributed by atoms with Crippen molar-refractivity contribution in [2.75, 3.05) is 13.2 Å². The number of aromatic amines is 2. The van der Waals surface area contributed by atoms with E-state index in [4.69, 9.17) is 14.5 Å². The van der Waals surface area contributed by atoms with E-state index in [2.05, 4.69) is 44.2 Å². The summed E-state index contributed by atoms with van der Waals surface area (Å²) in [5.41, 5.74) is 3.05. The molecule has 0 saturated carbocycles. The molecule has 2 N–H and O–H groups in total. The first-order valence-electron chi connectivity index (χ1n) is 15.8. The summed E-state index contributed by atoms with van der Waals surface area (Å²) in [6, 6.07) is 10.1. The van der Waals surface area contributed by atoms with Crippen molar-refractivity contribution < 1.29 is 9.47 Å². The van der Waals surface area contributed by atoms with Gasteiger partial charge in [0, 0.05) is 0 Å². The Balaban J connectivity index is 1.64. The van der Waals surface area contributed by atoms with Gasteiger partial charge in [-0.1, -0.05) is 84.1 Å². The zero-order chi connectivity index (χ0) is 29.6. The number of hydrogen-bond donors (Lipinski definition) is 2. The summed E-state index contributed by atoms with van der Waals surface area (Å²) in [5.74, 6) is 4.07. The van der Waals surface area contributed by atoms with Gasteiger partial charge < -0.3 is 9.47 Å². The lowest BCUT2D eigenvalue weighted by Crippen LogP contribution is -2.03. The fourth-order valence-electron chi connectivity index (χ4n) is 4.98. The summed E-state index contributed by atoms with van der Waals surface area (Å²) < 4.78 is 12.9. The lowest BCUT2D eigenvalue weighted by Gasteiger charge is -2.18. The third-order valence-electron chi connectivity index (χ3n) is 7.27. The summed E-state index contributed by atoms with van der Waals surface area (Å²) >= 11 is 0. The minimum atomic E-state index is 0.517. The first kappa shape index (κ1) is 31.2. The van der Waals surface area contributed by atoms with Gasteiger partial charge in [0.2, 0.25) is 0 Å². The second kappa shape index (κ2) is 16.6. The maximum Gasteiger partial charge on any atom is 0.199 e. The maximum absolute atomic E-state index is 6.43. The van der Waals surface area contributed by atoms with Crippen LogP contribution in [0.1, 0.15) is 103 Å². The van der Waals surface area contributed by atoms with Crippen molar-refractivity contribution in [3.05, 3.63) is 42.0 Å². The summed E-state index contributed by atoms with van der Waals surface area (Å²) in [6.45, 7) is 9.55. The molecule has 0 amide bonds. The van der Waals surface area contributed by atoms with Crippen LogP contribution >= 0.6 is 0 Å². The number of unbranched alkanes of at least 4 members (excludes halogenated alkanes) is 10. The molecule has 226 valence electrons. The lowest BCUT2D eigenvalue weighted by molar-refractivity contribution is 0.292. The zero-order valence-electron chi connectivity index (χ0n) is 25.8. The molecule has 1 aromatic carbocycles. The Morgan fingerprint density at radius 1 is 0.595 bits per heavy atom. The van der Waals surface area contributed by atoms with Crippen LogP contribution in [0.3, 0.4) is 0 Å². The molecule has 0 aliphatic rings. The van der Waals surface area contributed by atoms with E-state index in [1.165, 1.54) is 64.2 Å². The van der Waals surface area contributed by atoms with Crippen molar-refractivity contribution in [3.63, 3.8) is 0 Å². The third-order valence-corrected chi connectivity index (χ3v) is 7.27. The highest BCUT2D eigenvalue weighted by Crippen LogP contribution is 2.41. The molecule has 0 radical (unpaired) electrons. The highest BCUT2D eigenvalue weighted by atomic mass is 16.5. The number of nitrogens with one attached hydrogen (secondary N) is 2. The van der Waals surface area contributed by atoms with E-state index in [0.717, 1.165) is 47.1 Å². The van der Waals surface area contributed by atoms with Crippen LogP contribution in [0.4, 0.5) is 0 Å². The largest absolute Gasteiger partial charge is 0.493 e. The van der Waals surface area contributed by atoms with Gasteiger partial charge in [-0.15, -0.1) is 0 Å². The molecule has 3 heterocycles. The average molecular weight is 574 g/mol. The molecule has 0 fully saturated rings. The Hall–Kier alpha value is -3.75. The topological polar surface area (TPSA) is 114 Å². The number of rotatable bonds is 19. The molecular weight excluding hydrogens is 526 g/mol. The van der Waals surface area contributed by atoms with Crippen LogP contribution in [0.15, 0.2) is 30.3 Å². The number of benzene rings is 1. The van der Waals surface area contributed by atoms with Crippen molar-refractivity contribution >= 4 is 0 Å². The third kappa shape index (κ3) is 9.13.